The molecule has 100 valence electrons. The molecule has 0 aliphatic carbocycles. The highest BCUT2D eigenvalue weighted by Crippen LogP contribution is 2.26. The van der Waals surface area contributed by atoms with Gasteiger partial charge in [0, 0.05) is 10.8 Å². The maximum atomic E-state index is 4.37. The molecule has 2 heteroatoms. The molecule has 0 saturated heterocycles. The Morgan fingerprint density at radius 1 is 0.833 bits per heavy atom. The second-order valence-corrected chi connectivity index (χ2v) is 4.49. The molecule has 1 heterocycles. The summed E-state index contributed by atoms with van der Waals surface area (Å²) in [5.41, 5.74) is 2.21. The van der Waals surface area contributed by atoms with Gasteiger partial charge in [-0.25, -0.2) is 9.97 Å². The van der Waals surface area contributed by atoms with E-state index in [0.29, 0.717) is 0 Å². The van der Waals surface area contributed by atoms with Crippen LogP contribution in [0, 0.1) is 0 Å². The number of para-hydroxylation sites is 1. The number of nitrogens with zero attached hydrogens (tertiary/aromatic N) is 2. The number of rotatable bonds is 0. The fourth-order valence-corrected chi connectivity index (χ4v) is 1.60. The Bertz CT molecular complexity index is 451. The highest BCUT2D eigenvalue weighted by molar-refractivity contribution is 5.81. The summed E-state index contributed by atoms with van der Waals surface area (Å²) >= 11 is 0. The van der Waals surface area contributed by atoms with Crippen molar-refractivity contribution in [3.05, 3.63) is 36.3 Å². The van der Waals surface area contributed by atoms with Crippen molar-refractivity contribution in [1.29, 1.82) is 0 Å². The zero-order chi connectivity index (χ0) is 14.2. The van der Waals surface area contributed by atoms with E-state index < -0.39 is 0 Å². The smallest absolute Gasteiger partial charge is 0.116 e. The molecule has 0 N–H and O–H groups in total. The number of aromatic nitrogens is 2. The van der Waals surface area contributed by atoms with Gasteiger partial charge in [-0.2, -0.15) is 0 Å². The summed E-state index contributed by atoms with van der Waals surface area (Å²) in [7, 11) is 0. The Balaban J connectivity index is 0.000000659. The topological polar surface area (TPSA) is 25.8 Å². The average molecular weight is 246 g/mol. The van der Waals surface area contributed by atoms with Crippen molar-refractivity contribution in [2.24, 2.45) is 0 Å². The first-order chi connectivity index (χ1) is 8.59. The van der Waals surface area contributed by atoms with E-state index >= 15 is 0 Å². The minimum atomic E-state index is 0.0720. The Kier molecular flexibility index (Phi) is 7.18. The standard InChI is InChI=1S/C12H14N2.2C2H6/c1-12(2,3)11-9-6-4-5-7-10(9)13-8-14-11;2*1-2/h4-8H,1-3H3;2*1-2H3. The maximum absolute atomic E-state index is 4.37. The maximum Gasteiger partial charge on any atom is 0.116 e. The van der Waals surface area contributed by atoms with Crippen LogP contribution in [0.5, 0.6) is 0 Å². The number of hydrogen-bond acceptors (Lipinski definition) is 2. The lowest BCUT2D eigenvalue weighted by atomic mass is 9.89. The van der Waals surface area contributed by atoms with E-state index in [1.165, 1.54) is 0 Å². The van der Waals surface area contributed by atoms with Gasteiger partial charge in [0.15, 0.2) is 0 Å². The van der Waals surface area contributed by atoms with Gasteiger partial charge in [-0.15, -0.1) is 0 Å². The molecule has 18 heavy (non-hydrogen) atoms. The molecule has 0 bridgehead atoms. The normalized spacial score (nSPS) is 9.94. The van der Waals surface area contributed by atoms with E-state index in [2.05, 4.69) is 36.8 Å². The minimum Gasteiger partial charge on any atom is -0.240 e. The van der Waals surface area contributed by atoms with Crippen molar-refractivity contribution in [3.8, 4) is 0 Å². The summed E-state index contributed by atoms with van der Waals surface area (Å²) in [6, 6.07) is 8.13. The van der Waals surface area contributed by atoms with Crippen LogP contribution in [-0.4, -0.2) is 9.97 Å². The number of benzene rings is 1. The molecule has 0 radical (unpaired) electrons. The van der Waals surface area contributed by atoms with Crippen molar-refractivity contribution < 1.29 is 0 Å². The second-order valence-electron chi connectivity index (χ2n) is 4.49. The van der Waals surface area contributed by atoms with E-state index in [-0.39, 0.29) is 5.41 Å². The van der Waals surface area contributed by atoms with E-state index in [1.54, 1.807) is 6.33 Å². The molecule has 2 rings (SSSR count). The zero-order valence-electron chi connectivity index (χ0n) is 12.8. The van der Waals surface area contributed by atoms with Crippen LogP contribution in [0.4, 0.5) is 0 Å². The predicted molar refractivity (Wildman–Crippen MR) is 80.9 cm³/mol. The largest absolute Gasteiger partial charge is 0.240 e. The quantitative estimate of drug-likeness (QED) is 0.655. The molecule has 2 nitrogen and oxygen atoms in total. The Morgan fingerprint density at radius 2 is 1.39 bits per heavy atom. The van der Waals surface area contributed by atoms with Gasteiger partial charge in [-0.3, -0.25) is 0 Å². The van der Waals surface area contributed by atoms with Crippen LogP contribution < -0.4 is 0 Å². The first-order valence-corrected chi connectivity index (χ1v) is 6.79. The fourth-order valence-electron chi connectivity index (χ4n) is 1.60. The lowest BCUT2D eigenvalue weighted by Crippen LogP contribution is -2.14. The monoisotopic (exact) mass is 246 g/mol. The van der Waals surface area contributed by atoms with Crippen LogP contribution >= 0.6 is 0 Å². The highest BCUT2D eigenvalue weighted by Gasteiger charge is 2.18. The van der Waals surface area contributed by atoms with E-state index in [1.807, 2.05) is 45.9 Å². The van der Waals surface area contributed by atoms with E-state index in [9.17, 15) is 0 Å². The van der Waals surface area contributed by atoms with Gasteiger partial charge in [-0.1, -0.05) is 66.7 Å². The Hall–Kier alpha value is -1.44. The van der Waals surface area contributed by atoms with Crippen LogP contribution in [-0.2, 0) is 5.41 Å². The first kappa shape index (κ1) is 16.6. The van der Waals surface area contributed by atoms with Gasteiger partial charge in [0.1, 0.15) is 6.33 Å². The second kappa shape index (κ2) is 7.80. The average Bonchev–Trinajstić information content (AvgIpc) is 2.41. The SMILES string of the molecule is CC.CC.CC(C)(C)c1ncnc2ccccc12. The highest BCUT2D eigenvalue weighted by atomic mass is 14.8. The van der Waals surface area contributed by atoms with Crippen molar-refractivity contribution in [2.75, 3.05) is 0 Å². The van der Waals surface area contributed by atoms with Gasteiger partial charge in [0.25, 0.3) is 0 Å². The first-order valence-electron chi connectivity index (χ1n) is 6.79. The van der Waals surface area contributed by atoms with Crippen molar-refractivity contribution in [1.82, 2.24) is 9.97 Å². The summed E-state index contributed by atoms with van der Waals surface area (Å²) in [6.07, 6.45) is 1.64. The van der Waals surface area contributed by atoms with E-state index in [4.69, 9.17) is 0 Å². The molecular formula is C16H26N2. The molecule has 0 aliphatic heterocycles. The molecule has 0 atom stereocenters. The molecule has 0 unspecified atom stereocenters. The Labute approximate surface area is 111 Å². The van der Waals surface area contributed by atoms with Gasteiger partial charge in [0.2, 0.25) is 0 Å². The van der Waals surface area contributed by atoms with Crippen molar-refractivity contribution in [3.63, 3.8) is 0 Å². The summed E-state index contributed by atoms with van der Waals surface area (Å²) in [5, 5.41) is 1.16. The van der Waals surface area contributed by atoms with Crippen LogP contribution in [0.2, 0.25) is 0 Å². The van der Waals surface area contributed by atoms with Crippen LogP contribution in [0.15, 0.2) is 30.6 Å². The lowest BCUT2D eigenvalue weighted by Gasteiger charge is -2.18. The molecule has 2 aromatic rings. The van der Waals surface area contributed by atoms with Gasteiger partial charge < -0.3 is 0 Å². The molecule has 1 aromatic heterocycles. The lowest BCUT2D eigenvalue weighted by molar-refractivity contribution is 0.574. The van der Waals surface area contributed by atoms with Crippen LogP contribution in [0.25, 0.3) is 10.9 Å². The molecule has 1 aromatic carbocycles. The predicted octanol–water partition coefficient (Wildman–Crippen LogP) is 4.98. The van der Waals surface area contributed by atoms with Crippen LogP contribution in [0.3, 0.4) is 0 Å². The van der Waals surface area contributed by atoms with E-state index in [0.717, 1.165) is 16.6 Å². The van der Waals surface area contributed by atoms with Crippen LogP contribution in [0.1, 0.15) is 54.2 Å². The Morgan fingerprint density at radius 3 is 1.94 bits per heavy atom. The summed E-state index contributed by atoms with van der Waals surface area (Å²) in [4.78, 5) is 8.61. The van der Waals surface area contributed by atoms with Gasteiger partial charge in [0.05, 0.1) is 11.2 Å². The third-order valence-corrected chi connectivity index (χ3v) is 2.25. The third kappa shape index (κ3) is 4.10. The number of hydrogen-bond donors (Lipinski definition) is 0. The van der Waals surface area contributed by atoms with Gasteiger partial charge in [-0.05, 0) is 6.07 Å². The minimum absolute atomic E-state index is 0.0720. The number of fused-ring (bicyclic) bond motifs is 1. The molecule has 0 saturated carbocycles. The third-order valence-electron chi connectivity index (χ3n) is 2.25. The zero-order valence-corrected chi connectivity index (χ0v) is 12.8. The fraction of sp³-hybridized carbons (Fsp3) is 0.500. The summed E-state index contributed by atoms with van der Waals surface area (Å²) in [5.74, 6) is 0. The van der Waals surface area contributed by atoms with Crippen molar-refractivity contribution in [2.45, 2.75) is 53.9 Å². The molecule has 0 aliphatic rings. The molecule has 0 fully saturated rings. The summed E-state index contributed by atoms with van der Waals surface area (Å²) < 4.78 is 0. The molecule has 0 spiro atoms. The van der Waals surface area contributed by atoms with Gasteiger partial charge >= 0.3 is 0 Å². The molecule has 0 amide bonds. The molecular weight excluding hydrogens is 220 g/mol. The van der Waals surface area contributed by atoms with Crippen molar-refractivity contribution >= 4 is 10.9 Å². The summed E-state index contributed by atoms with van der Waals surface area (Å²) in [6.45, 7) is 14.5.